The largest absolute Gasteiger partial charge is 0.369 e. The average Bonchev–Trinajstić information content (AvgIpc) is 2.61. The molecule has 24 heavy (non-hydrogen) atoms. The van der Waals surface area contributed by atoms with Crippen LogP contribution in [0.15, 0.2) is 18.2 Å². The highest BCUT2D eigenvalue weighted by atomic mass is 15.3. The normalized spacial score (nSPS) is 15.2. The van der Waals surface area contributed by atoms with Crippen LogP contribution in [0, 0.1) is 17.2 Å². The average molecular weight is 330 g/mol. The maximum Gasteiger partial charge on any atom is 0.0995 e. The molecule has 1 fully saturated rings. The van der Waals surface area contributed by atoms with Crippen molar-refractivity contribution in [1.82, 2.24) is 4.90 Å². The number of piperazine rings is 1. The molecule has 0 aromatic heterocycles. The minimum atomic E-state index is 0.400. The Kier molecular flexibility index (Phi) is 8.85. The van der Waals surface area contributed by atoms with Gasteiger partial charge in [0, 0.05) is 31.9 Å². The van der Waals surface area contributed by atoms with Gasteiger partial charge < -0.3 is 4.90 Å². The van der Waals surface area contributed by atoms with Gasteiger partial charge in [-0.2, -0.15) is 5.26 Å². The van der Waals surface area contributed by atoms with Crippen molar-refractivity contribution in [2.75, 3.05) is 37.6 Å². The number of benzene rings is 1. The van der Waals surface area contributed by atoms with Gasteiger partial charge in [-0.1, -0.05) is 47.6 Å². The zero-order chi connectivity index (χ0) is 18.1. The third kappa shape index (κ3) is 5.83. The van der Waals surface area contributed by atoms with Crippen LogP contribution in [0.25, 0.3) is 0 Å². The summed E-state index contributed by atoms with van der Waals surface area (Å²) in [4.78, 5) is 4.97. The van der Waals surface area contributed by atoms with Crippen molar-refractivity contribution in [3.05, 3.63) is 29.3 Å². The molecule has 0 saturated carbocycles. The van der Waals surface area contributed by atoms with E-state index in [1.54, 1.807) is 0 Å². The molecule has 1 aliphatic rings. The van der Waals surface area contributed by atoms with Crippen LogP contribution in [0.4, 0.5) is 5.69 Å². The van der Waals surface area contributed by atoms with E-state index in [0.717, 1.165) is 43.2 Å². The van der Waals surface area contributed by atoms with Gasteiger partial charge in [0.05, 0.1) is 11.6 Å². The fraction of sp³-hybridized carbons (Fsp3) is 0.667. The minimum absolute atomic E-state index is 0.400. The van der Waals surface area contributed by atoms with Crippen LogP contribution >= 0.6 is 0 Å². The summed E-state index contributed by atoms with van der Waals surface area (Å²) in [6.45, 7) is 18.4. The highest BCUT2D eigenvalue weighted by Gasteiger charge is 2.18. The van der Waals surface area contributed by atoms with E-state index in [-0.39, 0.29) is 0 Å². The second-order valence-electron chi connectivity index (χ2n) is 7.05. The fourth-order valence-electron chi connectivity index (χ4n) is 3.01. The van der Waals surface area contributed by atoms with Crippen molar-refractivity contribution in [2.24, 2.45) is 5.92 Å². The number of nitriles is 1. The molecule has 1 aromatic rings. The lowest BCUT2D eigenvalue weighted by Gasteiger charge is -2.36. The first-order valence-electron chi connectivity index (χ1n) is 9.52. The monoisotopic (exact) mass is 329 g/mol. The van der Waals surface area contributed by atoms with E-state index in [1.165, 1.54) is 18.7 Å². The Balaban J connectivity index is 0.00000139. The summed E-state index contributed by atoms with van der Waals surface area (Å²) in [7, 11) is 0. The smallest absolute Gasteiger partial charge is 0.0995 e. The molecule has 3 nitrogen and oxygen atoms in total. The Hall–Kier alpha value is -1.53. The molecule has 0 amide bonds. The molecule has 1 aliphatic heterocycles. The lowest BCUT2D eigenvalue weighted by Crippen LogP contribution is -2.46. The van der Waals surface area contributed by atoms with E-state index in [1.807, 2.05) is 13.8 Å². The molecule has 3 heteroatoms. The molecule has 0 bridgehead atoms. The summed E-state index contributed by atoms with van der Waals surface area (Å²) >= 11 is 0. The first-order chi connectivity index (χ1) is 11.5. The number of anilines is 1. The second-order valence-corrected chi connectivity index (χ2v) is 7.05. The molecule has 0 spiro atoms. The molecular formula is C21H35N3. The van der Waals surface area contributed by atoms with Crippen molar-refractivity contribution >= 4 is 5.69 Å². The summed E-state index contributed by atoms with van der Waals surface area (Å²) in [5.74, 6) is 1.18. The Labute approximate surface area is 149 Å². The van der Waals surface area contributed by atoms with Crippen LogP contribution in [-0.4, -0.2) is 37.6 Å². The van der Waals surface area contributed by atoms with Crippen LogP contribution in [-0.2, 0) is 0 Å². The summed E-state index contributed by atoms with van der Waals surface area (Å²) in [5.41, 5.74) is 3.18. The molecule has 0 aliphatic carbocycles. The topological polar surface area (TPSA) is 30.3 Å². The molecule has 0 unspecified atom stereocenters. The van der Waals surface area contributed by atoms with Crippen molar-refractivity contribution in [1.29, 1.82) is 5.26 Å². The number of hydrogen-bond acceptors (Lipinski definition) is 3. The van der Waals surface area contributed by atoms with Crippen LogP contribution in [0.1, 0.15) is 65.0 Å². The van der Waals surface area contributed by atoms with E-state index in [9.17, 15) is 5.26 Å². The first-order valence-corrected chi connectivity index (χ1v) is 9.52. The van der Waals surface area contributed by atoms with Gasteiger partial charge in [0.15, 0.2) is 0 Å². The fourth-order valence-corrected chi connectivity index (χ4v) is 3.01. The van der Waals surface area contributed by atoms with Crippen molar-refractivity contribution in [3.8, 4) is 6.07 Å². The summed E-state index contributed by atoms with van der Waals surface area (Å²) in [5, 5.41) is 9.38. The van der Waals surface area contributed by atoms with Gasteiger partial charge in [-0.05, 0) is 42.5 Å². The van der Waals surface area contributed by atoms with Gasteiger partial charge >= 0.3 is 0 Å². The van der Waals surface area contributed by atoms with Gasteiger partial charge in [-0.25, -0.2) is 0 Å². The first kappa shape index (κ1) is 20.5. The van der Waals surface area contributed by atoms with Crippen molar-refractivity contribution in [3.63, 3.8) is 0 Å². The zero-order valence-corrected chi connectivity index (χ0v) is 16.5. The van der Waals surface area contributed by atoms with Gasteiger partial charge in [0.2, 0.25) is 0 Å². The predicted octanol–water partition coefficient (Wildman–Crippen LogP) is 4.88. The van der Waals surface area contributed by atoms with Crippen LogP contribution in [0.5, 0.6) is 0 Å². The molecular weight excluding hydrogens is 294 g/mol. The third-order valence-electron chi connectivity index (χ3n) is 4.54. The summed E-state index contributed by atoms with van der Waals surface area (Å²) in [6, 6.07) is 8.74. The Morgan fingerprint density at radius 1 is 1.04 bits per heavy atom. The van der Waals surface area contributed by atoms with E-state index in [0.29, 0.717) is 5.92 Å². The van der Waals surface area contributed by atoms with Crippen LogP contribution in [0.3, 0.4) is 0 Å². The van der Waals surface area contributed by atoms with Gasteiger partial charge in [-0.3, -0.25) is 4.90 Å². The molecule has 1 saturated heterocycles. The molecule has 1 heterocycles. The summed E-state index contributed by atoms with van der Waals surface area (Å²) in [6.07, 6.45) is 1.28. The van der Waals surface area contributed by atoms with E-state index < -0.39 is 0 Å². The molecule has 0 radical (unpaired) electrons. The third-order valence-corrected chi connectivity index (χ3v) is 4.54. The Bertz CT molecular complexity index is 520. The quantitative estimate of drug-likeness (QED) is 0.771. The van der Waals surface area contributed by atoms with Gasteiger partial charge in [-0.15, -0.1) is 0 Å². The maximum atomic E-state index is 9.38. The molecule has 1 aromatic carbocycles. The lowest BCUT2D eigenvalue weighted by molar-refractivity contribution is 0.243. The SMILES string of the molecule is CC.CC(C)CCN1CCN(c2ccc(C(C)C)c(C#N)c2)CC1. The van der Waals surface area contributed by atoms with Crippen LogP contribution < -0.4 is 4.90 Å². The van der Waals surface area contributed by atoms with Gasteiger partial charge in [0.1, 0.15) is 0 Å². The highest BCUT2D eigenvalue weighted by Crippen LogP contribution is 2.25. The predicted molar refractivity (Wildman–Crippen MR) is 105 cm³/mol. The van der Waals surface area contributed by atoms with E-state index in [2.05, 4.69) is 61.8 Å². The lowest BCUT2D eigenvalue weighted by atomic mass is 9.97. The molecule has 0 N–H and O–H groups in total. The number of nitrogens with zero attached hydrogens (tertiary/aromatic N) is 3. The summed E-state index contributed by atoms with van der Waals surface area (Å²) < 4.78 is 0. The minimum Gasteiger partial charge on any atom is -0.369 e. The maximum absolute atomic E-state index is 9.38. The van der Waals surface area contributed by atoms with Crippen molar-refractivity contribution < 1.29 is 0 Å². The second kappa shape index (κ2) is 10.4. The molecule has 134 valence electrons. The Morgan fingerprint density at radius 2 is 1.67 bits per heavy atom. The molecule has 0 atom stereocenters. The zero-order valence-electron chi connectivity index (χ0n) is 16.5. The van der Waals surface area contributed by atoms with Crippen molar-refractivity contribution in [2.45, 2.75) is 53.9 Å². The number of hydrogen-bond donors (Lipinski definition) is 0. The van der Waals surface area contributed by atoms with Crippen LogP contribution in [0.2, 0.25) is 0 Å². The highest BCUT2D eigenvalue weighted by molar-refractivity contribution is 5.55. The van der Waals surface area contributed by atoms with E-state index >= 15 is 0 Å². The molecule has 2 rings (SSSR count). The van der Waals surface area contributed by atoms with Gasteiger partial charge in [0.25, 0.3) is 0 Å². The Morgan fingerprint density at radius 3 is 2.17 bits per heavy atom. The standard InChI is InChI=1S/C19H29N3.C2H6/c1-15(2)7-8-21-9-11-22(12-10-21)18-5-6-19(16(3)4)17(13-18)14-20;1-2/h5-6,13,15-16H,7-12H2,1-4H3;1-2H3. The number of rotatable bonds is 5. The van der Waals surface area contributed by atoms with E-state index in [4.69, 9.17) is 0 Å².